The minimum absolute atomic E-state index is 0.283. The van der Waals surface area contributed by atoms with Gasteiger partial charge in [0.25, 0.3) is 0 Å². The molecule has 1 fully saturated rings. The number of nitrogens with zero attached hydrogens (tertiary/aromatic N) is 7. The van der Waals surface area contributed by atoms with Gasteiger partial charge in [-0.3, -0.25) is 0 Å². The zero-order chi connectivity index (χ0) is 20.0. The Morgan fingerprint density at radius 3 is 2.79 bits per heavy atom. The average Bonchev–Trinajstić information content (AvgIpc) is 3.33. The zero-order valence-electron chi connectivity index (χ0n) is 14.4. The van der Waals surface area contributed by atoms with Crippen LogP contribution in [0.25, 0.3) is 11.0 Å². The predicted molar refractivity (Wildman–Crippen MR) is 92.3 cm³/mol. The van der Waals surface area contributed by atoms with Crippen LogP contribution < -0.4 is 0 Å². The van der Waals surface area contributed by atoms with Gasteiger partial charge in [0.15, 0.2) is 16.9 Å². The van der Waals surface area contributed by atoms with E-state index in [4.69, 9.17) is 4.74 Å². The SMILES string of the molecule is Cn1cnc([N+](=O)[O-])c1Sc1ncnc2c1cnn2C1O[C@H](CO)[C@@H](O)[C@H]1O. The van der Waals surface area contributed by atoms with Gasteiger partial charge in [0.1, 0.15) is 29.7 Å². The topological polar surface area (TPSA) is 174 Å². The van der Waals surface area contributed by atoms with Gasteiger partial charge >= 0.3 is 5.82 Å². The Labute approximate surface area is 160 Å². The van der Waals surface area contributed by atoms with Crippen molar-refractivity contribution in [3.8, 4) is 0 Å². The molecule has 4 atom stereocenters. The number of aryl methyl sites for hydroxylation is 1. The lowest BCUT2D eigenvalue weighted by Crippen LogP contribution is -2.33. The van der Waals surface area contributed by atoms with Crippen molar-refractivity contribution in [2.45, 2.75) is 34.6 Å². The number of fused-ring (bicyclic) bond motifs is 1. The minimum atomic E-state index is -1.32. The van der Waals surface area contributed by atoms with E-state index in [1.54, 1.807) is 7.05 Å². The summed E-state index contributed by atoms with van der Waals surface area (Å²) in [6, 6.07) is 0. The van der Waals surface area contributed by atoms with Crippen LogP contribution in [0.4, 0.5) is 5.82 Å². The van der Waals surface area contributed by atoms with Crippen molar-refractivity contribution in [1.82, 2.24) is 29.3 Å². The van der Waals surface area contributed by atoms with Crippen molar-refractivity contribution in [2.24, 2.45) is 7.05 Å². The largest absolute Gasteiger partial charge is 0.396 e. The molecule has 3 aromatic heterocycles. The molecule has 0 saturated carbocycles. The van der Waals surface area contributed by atoms with Gasteiger partial charge in [-0.25, -0.2) is 14.6 Å². The maximum Gasteiger partial charge on any atom is 0.396 e. The van der Waals surface area contributed by atoms with Crippen LogP contribution in [0.1, 0.15) is 6.23 Å². The van der Waals surface area contributed by atoms with E-state index in [2.05, 4.69) is 20.1 Å². The number of aliphatic hydroxyl groups is 3. The molecule has 3 aromatic rings. The van der Waals surface area contributed by atoms with Gasteiger partial charge in [-0.15, -0.1) is 0 Å². The second-order valence-electron chi connectivity index (χ2n) is 6.08. The smallest absolute Gasteiger partial charge is 0.394 e. The van der Waals surface area contributed by atoms with Crippen molar-refractivity contribution in [2.75, 3.05) is 6.61 Å². The number of hydrogen-bond acceptors (Lipinski definition) is 11. The van der Waals surface area contributed by atoms with E-state index >= 15 is 0 Å². The van der Waals surface area contributed by atoms with Crippen LogP contribution in [0.3, 0.4) is 0 Å². The zero-order valence-corrected chi connectivity index (χ0v) is 15.2. The molecular formula is C14H15N7O6S. The number of hydrogen-bond donors (Lipinski definition) is 3. The highest BCUT2D eigenvalue weighted by Gasteiger charge is 2.44. The highest BCUT2D eigenvalue weighted by Crippen LogP contribution is 2.37. The lowest BCUT2D eigenvalue weighted by molar-refractivity contribution is -0.392. The Morgan fingerprint density at radius 1 is 1.32 bits per heavy atom. The highest BCUT2D eigenvalue weighted by molar-refractivity contribution is 7.99. The lowest BCUT2D eigenvalue weighted by Gasteiger charge is -2.15. The summed E-state index contributed by atoms with van der Waals surface area (Å²) in [5.74, 6) is -0.296. The van der Waals surface area contributed by atoms with Gasteiger partial charge in [-0.2, -0.15) is 5.10 Å². The second kappa shape index (κ2) is 7.06. The first-order chi connectivity index (χ1) is 13.4. The molecular weight excluding hydrogens is 394 g/mol. The summed E-state index contributed by atoms with van der Waals surface area (Å²) < 4.78 is 8.27. The summed E-state index contributed by atoms with van der Waals surface area (Å²) >= 11 is 1.03. The number of ether oxygens (including phenoxy) is 1. The molecule has 1 unspecified atom stereocenters. The van der Waals surface area contributed by atoms with Crippen LogP contribution in [0.5, 0.6) is 0 Å². The number of imidazole rings is 1. The quantitative estimate of drug-likeness (QED) is 0.274. The molecule has 4 heterocycles. The molecule has 14 heteroatoms. The molecule has 13 nitrogen and oxygen atoms in total. The van der Waals surface area contributed by atoms with Crippen molar-refractivity contribution in [3.63, 3.8) is 0 Å². The van der Waals surface area contributed by atoms with E-state index < -0.39 is 36.1 Å². The Hall–Kier alpha value is -2.65. The molecule has 0 spiro atoms. The van der Waals surface area contributed by atoms with Crippen molar-refractivity contribution in [3.05, 3.63) is 29.0 Å². The van der Waals surface area contributed by atoms with E-state index in [9.17, 15) is 25.4 Å². The minimum Gasteiger partial charge on any atom is -0.394 e. The van der Waals surface area contributed by atoms with Crippen molar-refractivity contribution < 1.29 is 25.0 Å². The third-order valence-electron chi connectivity index (χ3n) is 4.34. The molecule has 1 aliphatic heterocycles. The van der Waals surface area contributed by atoms with E-state index in [0.29, 0.717) is 16.1 Å². The normalized spacial score (nSPS) is 24.9. The first-order valence-corrected chi connectivity index (χ1v) is 8.88. The highest BCUT2D eigenvalue weighted by atomic mass is 32.2. The van der Waals surface area contributed by atoms with Crippen LogP contribution in [0, 0.1) is 10.1 Å². The van der Waals surface area contributed by atoms with Crippen molar-refractivity contribution in [1.29, 1.82) is 0 Å². The van der Waals surface area contributed by atoms with E-state index in [-0.39, 0.29) is 10.8 Å². The Kier molecular flexibility index (Phi) is 4.72. The molecule has 0 radical (unpaired) electrons. The first-order valence-electron chi connectivity index (χ1n) is 8.06. The van der Waals surface area contributed by atoms with Gasteiger partial charge in [-0.1, -0.05) is 0 Å². The summed E-state index contributed by atoms with van der Waals surface area (Å²) in [4.78, 5) is 22.7. The number of aliphatic hydroxyl groups excluding tert-OH is 3. The van der Waals surface area contributed by atoms with Crippen LogP contribution in [0.2, 0.25) is 0 Å². The summed E-state index contributed by atoms with van der Waals surface area (Å²) in [6.45, 7) is -0.464. The van der Waals surface area contributed by atoms with Crippen LogP contribution >= 0.6 is 11.8 Å². The Morgan fingerprint density at radius 2 is 2.11 bits per heavy atom. The van der Waals surface area contributed by atoms with E-state index in [0.717, 1.165) is 11.8 Å². The summed E-state index contributed by atoms with van der Waals surface area (Å²) in [7, 11) is 1.63. The van der Waals surface area contributed by atoms with Gasteiger partial charge in [0, 0.05) is 7.05 Å². The predicted octanol–water partition coefficient (Wildman–Crippen LogP) is -0.769. The lowest BCUT2D eigenvalue weighted by atomic mass is 10.1. The Bertz CT molecular complexity index is 1040. The fourth-order valence-corrected chi connectivity index (χ4v) is 3.88. The Balaban J connectivity index is 1.72. The van der Waals surface area contributed by atoms with Crippen LogP contribution in [-0.2, 0) is 11.8 Å². The molecule has 0 aromatic carbocycles. The molecule has 28 heavy (non-hydrogen) atoms. The molecule has 0 aliphatic carbocycles. The summed E-state index contributed by atoms with van der Waals surface area (Å²) in [5.41, 5.74) is 0.303. The molecule has 0 amide bonds. The summed E-state index contributed by atoms with van der Waals surface area (Å²) in [5, 5.41) is 45.9. The molecule has 1 aliphatic rings. The maximum absolute atomic E-state index is 11.2. The number of rotatable bonds is 5. The second-order valence-corrected chi connectivity index (χ2v) is 7.06. The molecule has 148 valence electrons. The molecule has 3 N–H and O–H groups in total. The number of nitro groups is 1. The maximum atomic E-state index is 11.2. The van der Waals surface area contributed by atoms with Gasteiger partial charge in [0.2, 0.25) is 6.33 Å². The monoisotopic (exact) mass is 409 g/mol. The fourth-order valence-electron chi connectivity index (χ4n) is 2.93. The first kappa shape index (κ1) is 18.7. The molecule has 0 bridgehead atoms. The molecule has 1 saturated heterocycles. The standard InChI is InChI=1S/C14H15N7O6S/c1-19-5-17-11(21(25)26)14(19)28-12-6-2-18-20(10(6)15-4-16-12)13-9(24)8(23)7(3-22)27-13/h2,4-5,7-9,13,22-24H,3H2,1H3/t7-,8-,9-,13?/m1/s1. The van der Waals surface area contributed by atoms with Gasteiger partial charge in [-0.05, 0) is 21.7 Å². The number of aromatic nitrogens is 6. The van der Waals surface area contributed by atoms with Crippen molar-refractivity contribution >= 4 is 28.6 Å². The summed E-state index contributed by atoms with van der Waals surface area (Å²) in [6.07, 6.45) is -0.565. The molecule has 4 rings (SSSR count). The van der Waals surface area contributed by atoms with E-state index in [1.807, 2.05) is 0 Å². The third kappa shape index (κ3) is 2.91. The van der Waals surface area contributed by atoms with Crippen LogP contribution in [-0.4, -0.2) is 74.5 Å². The van der Waals surface area contributed by atoms with E-state index in [1.165, 1.54) is 28.1 Å². The van der Waals surface area contributed by atoms with Crippen LogP contribution in [0.15, 0.2) is 28.9 Å². The third-order valence-corrected chi connectivity index (χ3v) is 5.53. The van der Waals surface area contributed by atoms with Gasteiger partial charge < -0.3 is 34.7 Å². The average molecular weight is 409 g/mol. The van der Waals surface area contributed by atoms with Gasteiger partial charge in [0.05, 0.1) is 18.2 Å². The fraction of sp³-hybridized carbons (Fsp3) is 0.429.